The highest BCUT2D eigenvalue weighted by molar-refractivity contribution is 9.10. The van der Waals surface area contributed by atoms with Crippen LogP contribution in [0, 0.1) is 0 Å². The molecular weight excluding hydrogens is 336 g/mol. The maximum Gasteiger partial charge on any atom is 0.387 e. The SMILES string of the molecule is FC(F)Oc1ccc(CNCc2cc(Br)cs2)cc1. The first kappa shape index (κ1) is 14.4. The van der Waals surface area contributed by atoms with E-state index in [0.29, 0.717) is 6.54 Å². The zero-order chi connectivity index (χ0) is 13.7. The van der Waals surface area contributed by atoms with Gasteiger partial charge < -0.3 is 10.1 Å². The number of alkyl halides is 2. The molecule has 0 aliphatic rings. The molecular formula is C13H12BrF2NOS. The molecule has 0 aliphatic carbocycles. The molecule has 102 valence electrons. The van der Waals surface area contributed by atoms with Crippen LogP contribution in [0.5, 0.6) is 5.75 Å². The van der Waals surface area contributed by atoms with Gasteiger partial charge in [0, 0.05) is 27.8 Å². The lowest BCUT2D eigenvalue weighted by atomic mass is 10.2. The predicted molar refractivity (Wildman–Crippen MR) is 75.6 cm³/mol. The van der Waals surface area contributed by atoms with E-state index < -0.39 is 6.61 Å². The zero-order valence-corrected chi connectivity index (χ0v) is 12.3. The first-order valence-corrected chi connectivity index (χ1v) is 7.28. The summed E-state index contributed by atoms with van der Waals surface area (Å²) in [5, 5.41) is 5.33. The largest absolute Gasteiger partial charge is 0.435 e. The molecule has 1 heterocycles. The number of nitrogens with one attached hydrogen (secondary N) is 1. The molecule has 2 rings (SSSR count). The minimum atomic E-state index is -2.78. The molecule has 6 heteroatoms. The summed E-state index contributed by atoms with van der Waals surface area (Å²) in [6.45, 7) is -1.31. The number of ether oxygens (including phenoxy) is 1. The Balaban J connectivity index is 1.79. The number of hydrogen-bond donors (Lipinski definition) is 1. The van der Waals surface area contributed by atoms with Crippen molar-refractivity contribution in [3.63, 3.8) is 0 Å². The molecule has 2 aromatic rings. The smallest absolute Gasteiger partial charge is 0.387 e. The summed E-state index contributed by atoms with van der Waals surface area (Å²) in [6.07, 6.45) is 0. The number of benzene rings is 1. The highest BCUT2D eigenvalue weighted by Crippen LogP contribution is 2.19. The summed E-state index contributed by atoms with van der Waals surface area (Å²) < 4.78 is 29.3. The third-order valence-corrected chi connectivity index (χ3v) is 4.10. The topological polar surface area (TPSA) is 21.3 Å². The van der Waals surface area contributed by atoms with Gasteiger partial charge in [-0.05, 0) is 39.7 Å². The average molecular weight is 348 g/mol. The van der Waals surface area contributed by atoms with Crippen LogP contribution >= 0.6 is 27.3 Å². The van der Waals surface area contributed by atoms with Crippen LogP contribution in [0.4, 0.5) is 8.78 Å². The van der Waals surface area contributed by atoms with Gasteiger partial charge >= 0.3 is 6.61 Å². The molecule has 0 unspecified atom stereocenters. The van der Waals surface area contributed by atoms with Crippen molar-refractivity contribution in [2.45, 2.75) is 19.7 Å². The van der Waals surface area contributed by atoms with E-state index in [1.54, 1.807) is 35.6 Å². The number of rotatable bonds is 6. The van der Waals surface area contributed by atoms with Crippen LogP contribution in [0.25, 0.3) is 0 Å². The summed E-state index contributed by atoms with van der Waals surface area (Å²) in [4.78, 5) is 1.24. The molecule has 1 aromatic heterocycles. The van der Waals surface area contributed by atoms with Gasteiger partial charge in [0.1, 0.15) is 5.75 Å². The second kappa shape index (κ2) is 6.98. The van der Waals surface area contributed by atoms with Crippen molar-refractivity contribution in [3.8, 4) is 5.75 Å². The van der Waals surface area contributed by atoms with E-state index in [-0.39, 0.29) is 5.75 Å². The van der Waals surface area contributed by atoms with Crippen molar-refractivity contribution in [2.75, 3.05) is 0 Å². The van der Waals surface area contributed by atoms with Gasteiger partial charge in [-0.3, -0.25) is 0 Å². The lowest BCUT2D eigenvalue weighted by molar-refractivity contribution is -0.0498. The molecule has 0 spiro atoms. The summed E-state index contributed by atoms with van der Waals surface area (Å²) in [5.74, 6) is 0.181. The number of halogens is 3. The Morgan fingerprint density at radius 2 is 1.95 bits per heavy atom. The summed E-state index contributed by atoms with van der Waals surface area (Å²) in [7, 11) is 0. The van der Waals surface area contributed by atoms with Gasteiger partial charge in [-0.1, -0.05) is 12.1 Å². The fraction of sp³-hybridized carbons (Fsp3) is 0.231. The van der Waals surface area contributed by atoms with Crippen molar-refractivity contribution in [1.29, 1.82) is 0 Å². The molecule has 0 aliphatic heterocycles. The maximum atomic E-state index is 12.0. The molecule has 0 amide bonds. The molecule has 1 aromatic carbocycles. The van der Waals surface area contributed by atoms with Gasteiger partial charge in [-0.25, -0.2) is 0 Å². The zero-order valence-electron chi connectivity index (χ0n) is 9.91. The second-order valence-electron chi connectivity index (χ2n) is 3.86. The molecule has 1 N–H and O–H groups in total. The Morgan fingerprint density at radius 3 is 2.53 bits per heavy atom. The van der Waals surface area contributed by atoms with Crippen molar-refractivity contribution in [2.24, 2.45) is 0 Å². The molecule has 2 nitrogen and oxygen atoms in total. The van der Waals surface area contributed by atoms with Gasteiger partial charge in [0.2, 0.25) is 0 Å². The molecule has 0 fully saturated rings. The van der Waals surface area contributed by atoms with Crippen LogP contribution in [0.3, 0.4) is 0 Å². The van der Waals surface area contributed by atoms with E-state index >= 15 is 0 Å². The standard InChI is InChI=1S/C13H12BrF2NOS/c14-10-5-12(19-8-10)7-17-6-9-1-3-11(4-2-9)18-13(15)16/h1-5,8,13,17H,6-7H2. The van der Waals surface area contributed by atoms with Crippen molar-refractivity contribution < 1.29 is 13.5 Å². The maximum absolute atomic E-state index is 12.0. The Hall–Kier alpha value is -0.980. The van der Waals surface area contributed by atoms with Gasteiger partial charge in [0.25, 0.3) is 0 Å². The van der Waals surface area contributed by atoms with Crippen molar-refractivity contribution in [1.82, 2.24) is 5.32 Å². The van der Waals surface area contributed by atoms with E-state index in [9.17, 15) is 8.78 Å². The molecule has 0 saturated heterocycles. The Labute approximate surface area is 122 Å². The Bertz CT molecular complexity index is 516. The first-order chi connectivity index (χ1) is 9.13. The summed E-state index contributed by atoms with van der Waals surface area (Å²) in [6, 6.07) is 8.71. The highest BCUT2D eigenvalue weighted by atomic mass is 79.9. The van der Waals surface area contributed by atoms with E-state index in [4.69, 9.17) is 0 Å². The molecule has 0 atom stereocenters. The normalized spacial score (nSPS) is 10.9. The molecule has 0 saturated carbocycles. The minimum absolute atomic E-state index is 0.181. The Kier molecular flexibility index (Phi) is 5.30. The third-order valence-electron chi connectivity index (χ3n) is 2.40. The van der Waals surface area contributed by atoms with E-state index in [1.165, 1.54) is 4.88 Å². The van der Waals surface area contributed by atoms with Crippen LogP contribution in [0.2, 0.25) is 0 Å². The fourth-order valence-corrected chi connectivity index (χ4v) is 2.99. The van der Waals surface area contributed by atoms with E-state index in [0.717, 1.165) is 16.6 Å². The minimum Gasteiger partial charge on any atom is -0.435 e. The Morgan fingerprint density at radius 1 is 1.21 bits per heavy atom. The summed E-state index contributed by atoms with van der Waals surface area (Å²) in [5.41, 5.74) is 1.03. The van der Waals surface area contributed by atoms with Crippen LogP contribution in [-0.4, -0.2) is 6.61 Å². The molecule has 0 radical (unpaired) electrons. The van der Waals surface area contributed by atoms with Crippen LogP contribution in [0.15, 0.2) is 40.2 Å². The fourth-order valence-electron chi connectivity index (χ4n) is 1.57. The van der Waals surface area contributed by atoms with E-state index in [2.05, 4.69) is 32.0 Å². The molecule has 19 heavy (non-hydrogen) atoms. The van der Waals surface area contributed by atoms with Crippen LogP contribution in [0.1, 0.15) is 10.4 Å². The average Bonchev–Trinajstić information content (AvgIpc) is 2.77. The van der Waals surface area contributed by atoms with Gasteiger partial charge in [-0.15, -0.1) is 11.3 Å². The van der Waals surface area contributed by atoms with Gasteiger partial charge in [-0.2, -0.15) is 8.78 Å². The van der Waals surface area contributed by atoms with Crippen LogP contribution in [-0.2, 0) is 13.1 Å². The highest BCUT2D eigenvalue weighted by Gasteiger charge is 2.03. The van der Waals surface area contributed by atoms with Gasteiger partial charge in [0.15, 0.2) is 0 Å². The predicted octanol–water partition coefficient (Wildman–Crippen LogP) is 4.40. The van der Waals surface area contributed by atoms with Crippen LogP contribution < -0.4 is 10.1 Å². The van der Waals surface area contributed by atoms with Gasteiger partial charge in [0.05, 0.1) is 0 Å². The second-order valence-corrected chi connectivity index (χ2v) is 5.77. The van der Waals surface area contributed by atoms with Crippen molar-refractivity contribution >= 4 is 27.3 Å². The third kappa shape index (κ3) is 4.89. The first-order valence-electron chi connectivity index (χ1n) is 5.61. The van der Waals surface area contributed by atoms with E-state index in [1.807, 2.05) is 5.38 Å². The monoisotopic (exact) mass is 347 g/mol. The summed E-state index contributed by atoms with van der Waals surface area (Å²) >= 11 is 5.09. The molecule has 0 bridgehead atoms. The number of thiophene rings is 1. The van der Waals surface area contributed by atoms with Crippen molar-refractivity contribution in [3.05, 3.63) is 50.6 Å². The lowest BCUT2D eigenvalue weighted by Crippen LogP contribution is -2.11. The quantitative estimate of drug-likeness (QED) is 0.835. The number of hydrogen-bond acceptors (Lipinski definition) is 3. The lowest BCUT2D eigenvalue weighted by Gasteiger charge is -2.06.